The van der Waals surface area contributed by atoms with Gasteiger partial charge in [-0.15, -0.1) is 11.3 Å². The second kappa shape index (κ2) is 10.2. The summed E-state index contributed by atoms with van der Waals surface area (Å²) in [6.45, 7) is 1.58. The average molecular weight is 388 g/mol. The first-order valence-electron chi connectivity index (χ1n) is 8.31. The number of urea groups is 1. The van der Waals surface area contributed by atoms with Gasteiger partial charge in [-0.1, -0.05) is 30.3 Å². The fraction of sp³-hybridized carbons (Fsp3) is 0.263. The number of benzene rings is 1. The summed E-state index contributed by atoms with van der Waals surface area (Å²) in [6.07, 6.45) is -0.110. The molecule has 0 aliphatic heterocycles. The van der Waals surface area contributed by atoms with Crippen LogP contribution < -0.4 is 10.6 Å². The molecular weight excluding hydrogens is 368 g/mol. The predicted octanol–water partition coefficient (Wildman–Crippen LogP) is 2.59. The number of hydrogen-bond donors (Lipinski definition) is 2. The fourth-order valence-electron chi connectivity index (χ4n) is 2.13. The van der Waals surface area contributed by atoms with E-state index in [0.29, 0.717) is 4.88 Å². The van der Waals surface area contributed by atoms with Crippen molar-refractivity contribution in [3.8, 4) is 0 Å². The first-order chi connectivity index (χ1) is 12.9. The van der Waals surface area contributed by atoms with Crippen LogP contribution in [0.2, 0.25) is 0 Å². The Balaban J connectivity index is 1.62. The second-order valence-corrected chi connectivity index (χ2v) is 7.00. The molecule has 2 N–H and O–H groups in total. The highest BCUT2D eigenvalue weighted by molar-refractivity contribution is 7.14. The summed E-state index contributed by atoms with van der Waals surface area (Å²) in [7, 11) is 0. The van der Waals surface area contributed by atoms with E-state index in [4.69, 9.17) is 4.74 Å². The van der Waals surface area contributed by atoms with Crippen LogP contribution in [0.15, 0.2) is 42.5 Å². The number of hydrogen-bond acceptors (Lipinski definition) is 6. The number of esters is 1. The highest BCUT2D eigenvalue weighted by atomic mass is 32.1. The van der Waals surface area contributed by atoms with Crippen LogP contribution in [-0.4, -0.2) is 30.3 Å². The van der Waals surface area contributed by atoms with Crippen molar-refractivity contribution in [1.82, 2.24) is 10.6 Å². The van der Waals surface area contributed by atoms with Gasteiger partial charge in [0.1, 0.15) is 0 Å². The minimum atomic E-state index is -0.742. The Morgan fingerprint density at radius 2 is 1.74 bits per heavy atom. The lowest BCUT2D eigenvalue weighted by Crippen LogP contribution is -2.41. The number of carbonyl (C=O) groups is 4. The molecule has 0 fully saturated rings. The van der Waals surface area contributed by atoms with Gasteiger partial charge in [0, 0.05) is 17.8 Å². The van der Waals surface area contributed by atoms with Crippen LogP contribution in [0.25, 0.3) is 0 Å². The second-order valence-electron chi connectivity index (χ2n) is 5.71. The third-order valence-electron chi connectivity index (χ3n) is 3.48. The monoisotopic (exact) mass is 388 g/mol. The summed E-state index contributed by atoms with van der Waals surface area (Å²) in [5, 5.41) is 4.59. The molecule has 27 heavy (non-hydrogen) atoms. The zero-order valence-corrected chi connectivity index (χ0v) is 15.6. The summed E-state index contributed by atoms with van der Waals surface area (Å²) in [5.41, 5.74) is 0.886. The van der Waals surface area contributed by atoms with E-state index in [2.05, 4.69) is 10.6 Å². The molecule has 2 rings (SSSR count). The van der Waals surface area contributed by atoms with Gasteiger partial charge in [0.15, 0.2) is 12.4 Å². The summed E-state index contributed by atoms with van der Waals surface area (Å²) in [6, 6.07) is 12.1. The van der Waals surface area contributed by atoms with E-state index in [1.807, 2.05) is 43.3 Å². The molecule has 0 atom stereocenters. The van der Waals surface area contributed by atoms with Gasteiger partial charge < -0.3 is 10.1 Å². The lowest BCUT2D eigenvalue weighted by Gasteiger charge is -2.07. The van der Waals surface area contributed by atoms with Crippen molar-refractivity contribution in [1.29, 1.82) is 0 Å². The Labute approximate surface area is 160 Å². The van der Waals surface area contributed by atoms with Gasteiger partial charge in [-0.3, -0.25) is 19.7 Å². The number of ether oxygens (including phenoxy) is 1. The summed E-state index contributed by atoms with van der Waals surface area (Å²) < 4.78 is 4.78. The molecule has 0 aliphatic carbocycles. The van der Waals surface area contributed by atoms with Crippen LogP contribution in [0.5, 0.6) is 0 Å². The Kier molecular flexibility index (Phi) is 7.69. The SMILES string of the molecule is Cc1ccc(C(=O)CCC(=O)OCC(=O)NC(=O)NCc2ccccc2)s1. The highest BCUT2D eigenvalue weighted by Gasteiger charge is 2.14. The molecule has 1 heterocycles. The van der Waals surface area contributed by atoms with Gasteiger partial charge in [0.05, 0.1) is 11.3 Å². The molecule has 0 bridgehead atoms. The van der Waals surface area contributed by atoms with Crippen LogP contribution in [-0.2, 0) is 20.9 Å². The molecule has 1 aromatic carbocycles. The van der Waals surface area contributed by atoms with E-state index in [0.717, 1.165) is 10.4 Å². The molecule has 1 aromatic heterocycles. The smallest absolute Gasteiger partial charge is 0.321 e. The molecule has 3 amide bonds. The van der Waals surface area contributed by atoms with E-state index >= 15 is 0 Å². The standard InChI is InChI=1S/C19H20N2O5S/c1-13-7-9-16(27-13)15(22)8-10-18(24)26-12-17(23)21-19(25)20-11-14-5-3-2-4-6-14/h2-7,9H,8,10-12H2,1H3,(H2,20,21,23,25). The number of amides is 3. The molecule has 0 saturated carbocycles. The number of carbonyl (C=O) groups excluding carboxylic acids is 4. The molecule has 0 unspecified atom stereocenters. The van der Waals surface area contributed by atoms with Crippen molar-refractivity contribution in [3.63, 3.8) is 0 Å². The van der Waals surface area contributed by atoms with Gasteiger partial charge >= 0.3 is 12.0 Å². The van der Waals surface area contributed by atoms with Crippen LogP contribution in [0.4, 0.5) is 4.79 Å². The number of Topliss-reactive ketones (excluding diaryl/α,β-unsaturated/α-hetero) is 1. The number of nitrogens with one attached hydrogen (secondary N) is 2. The van der Waals surface area contributed by atoms with Crippen molar-refractivity contribution in [2.45, 2.75) is 26.3 Å². The largest absolute Gasteiger partial charge is 0.456 e. The zero-order chi connectivity index (χ0) is 19.6. The van der Waals surface area contributed by atoms with Gasteiger partial charge in [-0.05, 0) is 24.6 Å². The molecule has 2 aromatic rings. The first kappa shape index (κ1) is 20.3. The van der Waals surface area contributed by atoms with E-state index in [1.165, 1.54) is 11.3 Å². The average Bonchev–Trinajstić information content (AvgIpc) is 3.10. The van der Waals surface area contributed by atoms with E-state index in [9.17, 15) is 19.2 Å². The van der Waals surface area contributed by atoms with Crippen LogP contribution in [0, 0.1) is 6.92 Å². The summed E-state index contributed by atoms with van der Waals surface area (Å²) in [5.74, 6) is -1.56. The lowest BCUT2D eigenvalue weighted by molar-refractivity contribution is -0.148. The van der Waals surface area contributed by atoms with Crippen molar-refractivity contribution in [2.75, 3.05) is 6.61 Å². The van der Waals surface area contributed by atoms with Gasteiger partial charge in [-0.25, -0.2) is 4.79 Å². The molecule has 0 aliphatic rings. The van der Waals surface area contributed by atoms with Crippen LogP contribution >= 0.6 is 11.3 Å². The van der Waals surface area contributed by atoms with E-state index in [1.54, 1.807) is 6.07 Å². The van der Waals surface area contributed by atoms with Gasteiger partial charge in [-0.2, -0.15) is 0 Å². The number of thiophene rings is 1. The van der Waals surface area contributed by atoms with Crippen molar-refractivity contribution >= 4 is 35.0 Å². The van der Waals surface area contributed by atoms with Gasteiger partial charge in [0.25, 0.3) is 5.91 Å². The van der Waals surface area contributed by atoms with Gasteiger partial charge in [0.2, 0.25) is 0 Å². The minimum absolute atomic E-state index is 0.0119. The maximum absolute atomic E-state index is 11.9. The van der Waals surface area contributed by atoms with Crippen LogP contribution in [0.1, 0.15) is 33.0 Å². The van der Waals surface area contributed by atoms with E-state index in [-0.39, 0.29) is 25.2 Å². The molecule has 8 heteroatoms. The normalized spacial score (nSPS) is 10.1. The molecule has 0 radical (unpaired) electrons. The molecule has 0 spiro atoms. The maximum atomic E-state index is 11.9. The lowest BCUT2D eigenvalue weighted by atomic mass is 10.2. The number of imide groups is 1. The highest BCUT2D eigenvalue weighted by Crippen LogP contribution is 2.17. The first-order valence-corrected chi connectivity index (χ1v) is 9.12. The maximum Gasteiger partial charge on any atom is 0.321 e. The molecule has 0 saturated heterocycles. The van der Waals surface area contributed by atoms with Crippen molar-refractivity contribution in [3.05, 3.63) is 57.8 Å². The molecule has 142 valence electrons. The topological polar surface area (TPSA) is 102 Å². The Morgan fingerprint density at radius 3 is 2.41 bits per heavy atom. The quantitative estimate of drug-likeness (QED) is 0.535. The number of rotatable bonds is 8. The molecule has 7 nitrogen and oxygen atoms in total. The third-order valence-corrected chi connectivity index (χ3v) is 4.53. The van der Waals surface area contributed by atoms with E-state index < -0.39 is 24.5 Å². The Morgan fingerprint density at radius 1 is 1.00 bits per heavy atom. The number of ketones is 1. The summed E-state index contributed by atoms with van der Waals surface area (Å²) in [4.78, 5) is 48.4. The number of aryl methyl sites for hydroxylation is 1. The Hall–Kier alpha value is -3.00. The minimum Gasteiger partial charge on any atom is -0.456 e. The predicted molar refractivity (Wildman–Crippen MR) is 100 cm³/mol. The van der Waals surface area contributed by atoms with Crippen molar-refractivity contribution in [2.24, 2.45) is 0 Å². The van der Waals surface area contributed by atoms with Crippen molar-refractivity contribution < 1.29 is 23.9 Å². The van der Waals surface area contributed by atoms with Crippen LogP contribution in [0.3, 0.4) is 0 Å². The third kappa shape index (κ3) is 7.41. The summed E-state index contributed by atoms with van der Waals surface area (Å²) >= 11 is 1.37. The fourth-order valence-corrected chi connectivity index (χ4v) is 2.96. The Bertz CT molecular complexity index is 817. The zero-order valence-electron chi connectivity index (χ0n) is 14.8. The molecular formula is C19H20N2O5S.